The summed E-state index contributed by atoms with van der Waals surface area (Å²) in [7, 11) is 0. The average Bonchev–Trinajstić information content (AvgIpc) is 2.71. The van der Waals surface area contributed by atoms with Crippen LogP contribution in [-0.2, 0) is 4.74 Å². The van der Waals surface area contributed by atoms with Crippen LogP contribution in [0.1, 0.15) is 51.3 Å². The van der Waals surface area contributed by atoms with Crippen molar-refractivity contribution in [2.75, 3.05) is 5.32 Å². The van der Waals surface area contributed by atoms with Crippen molar-refractivity contribution < 1.29 is 29.3 Å². The average molecular weight is 468 g/mol. The van der Waals surface area contributed by atoms with E-state index in [4.69, 9.17) is 16.3 Å². The highest BCUT2D eigenvalue weighted by Gasteiger charge is 2.34. The van der Waals surface area contributed by atoms with Gasteiger partial charge < -0.3 is 14.9 Å². The highest BCUT2D eigenvalue weighted by atomic mass is 35.5. The Balaban J connectivity index is 0.000000196. The molecule has 170 valence electrons. The van der Waals surface area contributed by atoms with Crippen LogP contribution in [0.25, 0.3) is 0 Å². The van der Waals surface area contributed by atoms with Crippen molar-refractivity contribution in [1.82, 2.24) is 0 Å². The Hall–Kier alpha value is -3.84. The molecule has 3 aromatic rings. The van der Waals surface area contributed by atoms with Gasteiger partial charge in [0.05, 0.1) is 17.2 Å². The number of carbonyl (C=O) groups is 3. The Morgan fingerprint density at radius 3 is 2.24 bits per heavy atom. The van der Waals surface area contributed by atoms with E-state index in [1.165, 1.54) is 24.3 Å². The number of amides is 1. The molecule has 0 saturated carbocycles. The van der Waals surface area contributed by atoms with Crippen molar-refractivity contribution >= 4 is 34.9 Å². The lowest BCUT2D eigenvalue weighted by Crippen LogP contribution is -2.21. The van der Waals surface area contributed by atoms with E-state index >= 15 is 0 Å². The van der Waals surface area contributed by atoms with Gasteiger partial charge in [-0.1, -0.05) is 29.8 Å². The topological polar surface area (TPSA) is 113 Å². The normalized spacial score (nSPS) is 11.8. The van der Waals surface area contributed by atoms with Gasteiger partial charge in [0.15, 0.2) is 5.78 Å². The molecule has 7 nitrogen and oxygen atoms in total. The first-order chi connectivity index (χ1) is 15.6. The molecule has 4 rings (SSSR count). The van der Waals surface area contributed by atoms with Crippen LogP contribution < -0.4 is 5.32 Å². The van der Waals surface area contributed by atoms with E-state index in [-0.39, 0.29) is 45.6 Å². The minimum Gasteiger partial charge on any atom is -0.507 e. The molecule has 1 aliphatic rings. The van der Waals surface area contributed by atoms with E-state index in [0.717, 1.165) is 0 Å². The fraction of sp³-hybridized carbons (Fsp3) is 0.160. The van der Waals surface area contributed by atoms with Crippen LogP contribution >= 0.6 is 11.6 Å². The fourth-order valence-corrected chi connectivity index (χ4v) is 3.54. The molecule has 0 bridgehead atoms. The van der Waals surface area contributed by atoms with Crippen molar-refractivity contribution in [3.05, 3.63) is 87.4 Å². The quantitative estimate of drug-likeness (QED) is 0.360. The zero-order valence-electron chi connectivity index (χ0n) is 18.2. The number of carbonyl (C=O) groups excluding carboxylic acids is 3. The summed E-state index contributed by atoms with van der Waals surface area (Å²) < 4.78 is 4.90. The molecule has 1 aliphatic carbocycles. The number of fused-ring (bicyclic) bond motifs is 2. The van der Waals surface area contributed by atoms with Crippen molar-refractivity contribution in [2.24, 2.45) is 0 Å². The van der Waals surface area contributed by atoms with Gasteiger partial charge in [0.1, 0.15) is 11.5 Å². The predicted octanol–water partition coefficient (Wildman–Crippen LogP) is 5.48. The summed E-state index contributed by atoms with van der Waals surface area (Å²) in [5.41, 5.74) is 1.59. The maximum atomic E-state index is 12.3. The maximum absolute atomic E-state index is 12.3. The first kappa shape index (κ1) is 23.8. The van der Waals surface area contributed by atoms with Crippen LogP contribution in [0, 0.1) is 6.92 Å². The van der Waals surface area contributed by atoms with E-state index in [1.807, 2.05) is 0 Å². The molecule has 0 aromatic heterocycles. The standard InChI is InChI=1S/C15H10O4.C10H12ClNO2/c1-7-5-9-13(11(17)6-7)15(19)12-8(14(9)18)3-2-4-10(12)16;1-7(2)14-10(13)12-9-5-3-4-8(11)6-9/h2-6,16-17H,1H3;3-7H,1-2H3,(H,12,13). The Labute approximate surface area is 195 Å². The minimum atomic E-state index is -0.528. The summed E-state index contributed by atoms with van der Waals surface area (Å²) in [5, 5.41) is 22.8. The number of halogens is 1. The molecule has 0 saturated heterocycles. The minimum absolute atomic E-state index is 0.0374. The molecule has 0 heterocycles. The summed E-state index contributed by atoms with van der Waals surface area (Å²) in [6.45, 7) is 5.31. The maximum Gasteiger partial charge on any atom is 0.411 e. The summed E-state index contributed by atoms with van der Waals surface area (Å²) in [6.07, 6.45) is -0.601. The number of hydrogen-bond donors (Lipinski definition) is 3. The molecular weight excluding hydrogens is 446 g/mol. The van der Waals surface area contributed by atoms with E-state index in [9.17, 15) is 24.6 Å². The van der Waals surface area contributed by atoms with Crippen LogP contribution in [-0.4, -0.2) is 34.0 Å². The number of nitrogens with one attached hydrogen (secondary N) is 1. The summed E-state index contributed by atoms with van der Waals surface area (Å²) in [5.74, 6) is -1.37. The molecule has 3 aromatic carbocycles. The number of aromatic hydroxyl groups is 2. The third kappa shape index (κ3) is 5.32. The van der Waals surface area contributed by atoms with E-state index < -0.39 is 11.9 Å². The Morgan fingerprint density at radius 1 is 0.909 bits per heavy atom. The zero-order valence-corrected chi connectivity index (χ0v) is 18.9. The number of aryl methyl sites for hydroxylation is 1. The largest absolute Gasteiger partial charge is 0.507 e. The van der Waals surface area contributed by atoms with Crippen LogP contribution in [0.2, 0.25) is 5.02 Å². The lowest BCUT2D eigenvalue weighted by Gasteiger charge is -2.19. The third-order valence-electron chi connectivity index (χ3n) is 4.66. The highest BCUT2D eigenvalue weighted by Crippen LogP contribution is 2.36. The van der Waals surface area contributed by atoms with Crippen molar-refractivity contribution in [3.63, 3.8) is 0 Å². The number of hydrogen-bond acceptors (Lipinski definition) is 6. The van der Waals surface area contributed by atoms with Gasteiger partial charge in [-0.25, -0.2) is 4.79 Å². The van der Waals surface area contributed by atoms with Crippen molar-refractivity contribution in [1.29, 1.82) is 0 Å². The fourth-order valence-electron chi connectivity index (χ4n) is 3.35. The van der Waals surface area contributed by atoms with Gasteiger partial charge in [0.2, 0.25) is 5.78 Å². The second-order valence-corrected chi connectivity index (χ2v) is 8.09. The lowest BCUT2D eigenvalue weighted by atomic mass is 9.82. The number of anilines is 1. The molecule has 0 spiro atoms. The molecule has 0 aliphatic heterocycles. The van der Waals surface area contributed by atoms with E-state index in [1.54, 1.807) is 51.1 Å². The number of ether oxygens (including phenoxy) is 1. The van der Waals surface area contributed by atoms with Crippen LogP contribution in [0.15, 0.2) is 54.6 Å². The summed E-state index contributed by atoms with van der Waals surface area (Å²) >= 11 is 5.74. The van der Waals surface area contributed by atoms with Crippen LogP contribution in [0.3, 0.4) is 0 Å². The van der Waals surface area contributed by atoms with Gasteiger partial charge in [-0.3, -0.25) is 14.9 Å². The van der Waals surface area contributed by atoms with Crippen molar-refractivity contribution in [3.8, 4) is 11.5 Å². The number of phenolic OH excluding ortho intramolecular Hbond substituents is 2. The SMILES string of the molecule is CC(C)OC(=O)Nc1cccc(Cl)c1.Cc1cc(O)c2c(c1)C(=O)c1cccc(O)c1C2=O. The molecule has 1 amide bonds. The van der Waals surface area contributed by atoms with Gasteiger partial charge in [0.25, 0.3) is 0 Å². The summed E-state index contributed by atoms with van der Waals surface area (Å²) in [4.78, 5) is 35.8. The van der Waals surface area contributed by atoms with Gasteiger partial charge in [-0.05, 0) is 62.7 Å². The molecule has 8 heteroatoms. The molecule has 3 N–H and O–H groups in total. The van der Waals surface area contributed by atoms with E-state index in [0.29, 0.717) is 16.3 Å². The van der Waals surface area contributed by atoms with Gasteiger partial charge >= 0.3 is 6.09 Å². The lowest BCUT2D eigenvalue weighted by molar-refractivity contribution is 0.0974. The van der Waals surface area contributed by atoms with Gasteiger partial charge in [-0.15, -0.1) is 0 Å². The molecule has 0 unspecified atom stereocenters. The van der Waals surface area contributed by atoms with Crippen molar-refractivity contribution in [2.45, 2.75) is 26.9 Å². The first-order valence-corrected chi connectivity index (χ1v) is 10.4. The molecule has 0 atom stereocenters. The highest BCUT2D eigenvalue weighted by molar-refractivity contribution is 6.31. The van der Waals surface area contributed by atoms with E-state index in [2.05, 4.69) is 5.32 Å². The third-order valence-corrected chi connectivity index (χ3v) is 4.90. The molecule has 33 heavy (non-hydrogen) atoms. The monoisotopic (exact) mass is 467 g/mol. The Kier molecular flexibility index (Phi) is 7.04. The van der Waals surface area contributed by atoms with Crippen LogP contribution in [0.5, 0.6) is 11.5 Å². The Morgan fingerprint density at radius 2 is 1.58 bits per heavy atom. The molecular formula is C25H22ClNO6. The first-order valence-electron chi connectivity index (χ1n) is 10.1. The number of benzene rings is 3. The molecule has 0 fully saturated rings. The zero-order chi connectivity index (χ0) is 24.3. The van der Waals surface area contributed by atoms with Gasteiger partial charge in [0, 0.05) is 21.8 Å². The second kappa shape index (κ2) is 9.75. The Bertz CT molecular complexity index is 1250. The smallest absolute Gasteiger partial charge is 0.411 e. The number of phenols is 2. The number of ketones is 2. The van der Waals surface area contributed by atoms with Gasteiger partial charge in [-0.2, -0.15) is 0 Å². The predicted molar refractivity (Wildman–Crippen MR) is 125 cm³/mol. The summed E-state index contributed by atoms with van der Waals surface area (Å²) in [6, 6.07) is 14.2. The second-order valence-electron chi connectivity index (χ2n) is 7.65. The van der Waals surface area contributed by atoms with Crippen LogP contribution in [0.4, 0.5) is 10.5 Å². The molecule has 0 radical (unpaired) electrons. The number of rotatable bonds is 2.